The van der Waals surface area contributed by atoms with Gasteiger partial charge < -0.3 is 10.3 Å². The van der Waals surface area contributed by atoms with Crippen molar-refractivity contribution < 1.29 is 0 Å². The second-order valence-electron chi connectivity index (χ2n) is 5.09. The van der Waals surface area contributed by atoms with Crippen molar-refractivity contribution in [1.82, 2.24) is 9.55 Å². The Morgan fingerprint density at radius 2 is 1.95 bits per heavy atom. The summed E-state index contributed by atoms with van der Waals surface area (Å²) in [7, 11) is 0. The molecule has 0 aliphatic heterocycles. The van der Waals surface area contributed by atoms with Crippen LogP contribution < -0.4 is 5.73 Å². The van der Waals surface area contributed by atoms with E-state index >= 15 is 0 Å². The second-order valence-corrected chi connectivity index (χ2v) is 5.09. The zero-order valence-corrected chi connectivity index (χ0v) is 11.7. The van der Waals surface area contributed by atoms with Crippen LogP contribution >= 0.6 is 0 Å². The predicted molar refractivity (Wildman–Crippen MR) is 83.6 cm³/mol. The Labute approximate surface area is 119 Å². The Hall–Kier alpha value is -2.13. The van der Waals surface area contributed by atoms with E-state index in [2.05, 4.69) is 54.0 Å². The first kappa shape index (κ1) is 12.9. The minimum absolute atomic E-state index is 0.694. The van der Waals surface area contributed by atoms with E-state index in [4.69, 9.17) is 10.7 Å². The summed E-state index contributed by atoms with van der Waals surface area (Å²) in [6.45, 7) is 3.70. The number of para-hydroxylation sites is 2. The number of hydrogen-bond acceptors (Lipinski definition) is 2. The summed E-state index contributed by atoms with van der Waals surface area (Å²) in [5.41, 5.74) is 10.3. The van der Waals surface area contributed by atoms with E-state index in [1.807, 2.05) is 6.07 Å². The number of aryl methyl sites for hydroxylation is 2. The molecule has 0 unspecified atom stereocenters. The number of fused-ring (bicyclic) bond motifs is 1. The normalized spacial score (nSPS) is 11.1. The van der Waals surface area contributed by atoms with Gasteiger partial charge in [0, 0.05) is 12.1 Å². The smallest absolute Gasteiger partial charge is 0.141 e. The highest BCUT2D eigenvalue weighted by atomic mass is 15.1. The molecule has 0 saturated heterocycles. The highest BCUT2D eigenvalue weighted by Gasteiger charge is 2.11. The number of aromatic nitrogens is 2. The van der Waals surface area contributed by atoms with Gasteiger partial charge >= 0.3 is 0 Å². The van der Waals surface area contributed by atoms with E-state index in [1.54, 1.807) is 0 Å². The van der Waals surface area contributed by atoms with E-state index in [9.17, 15) is 0 Å². The highest BCUT2D eigenvalue weighted by Crippen LogP contribution is 2.25. The lowest BCUT2D eigenvalue weighted by atomic mass is 10.1. The van der Waals surface area contributed by atoms with Crippen molar-refractivity contribution in [2.24, 2.45) is 5.73 Å². The molecule has 3 nitrogen and oxygen atoms in total. The fourth-order valence-corrected chi connectivity index (χ4v) is 2.56. The average Bonchev–Trinajstić information content (AvgIpc) is 2.84. The number of benzene rings is 2. The molecule has 0 amide bonds. The molecular formula is C17H19N3. The van der Waals surface area contributed by atoms with E-state index in [0.717, 1.165) is 24.3 Å². The third-order valence-corrected chi connectivity index (χ3v) is 3.52. The molecule has 3 rings (SSSR count). The lowest BCUT2D eigenvalue weighted by Gasteiger charge is -2.09. The molecule has 20 heavy (non-hydrogen) atoms. The van der Waals surface area contributed by atoms with E-state index in [0.29, 0.717) is 6.54 Å². The number of nitrogens with zero attached hydrogens (tertiary/aromatic N) is 2. The van der Waals surface area contributed by atoms with Gasteiger partial charge in [-0.15, -0.1) is 0 Å². The predicted octanol–water partition coefficient (Wildman–Crippen LogP) is 3.36. The molecule has 0 fully saturated rings. The minimum Gasteiger partial charge on any atom is -0.330 e. The maximum Gasteiger partial charge on any atom is 0.141 e. The largest absolute Gasteiger partial charge is 0.330 e. The standard InChI is InChI=1S/C17H19N3/c1-13-6-4-7-14(12-13)17-19-15-8-2-3-9-16(15)20(17)11-5-10-18/h2-4,6-9,12H,5,10-11,18H2,1H3. The minimum atomic E-state index is 0.694. The Morgan fingerprint density at radius 1 is 1.10 bits per heavy atom. The zero-order chi connectivity index (χ0) is 13.9. The van der Waals surface area contributed by atoms with Crippen LogP contribution in [-0.2, 0) is 6.54 Å². The fraction of sp³-hybridized carbons (Fsp3) is 0.235. The van der Waals surface area contributed by atoms with Gasteiger partial charge in [0.2, 0.25) is 0 Å². The molecule has 0 spiro atoms. The summed E-state index contributed by atoms with van der Waals surface area (Å²) in [6, 6.07) is 16.8. The summed E-state index contributed by atoms with van der Waals surface area (Å²) < 4.78 is 2.27. The van der Waals surface area contributed by atoms with Gasteiger partial charge in [-0.3, -0.25) is 0 Å². The fourth-order valence-electron chi connectivity index (χ4n) is 2.56. The summed E-state index contributed by atoms with van der Waals surface area (Å²) in [5.74, 6) is 1.03. The summed E-state index contributed by atoms with van der Waals surface area (Å²) in [4.78, 5) is 4.80. The molecule has 2 aromatic carbocycles. The summed E-state index contributed by atoms with van der Waals surface area (Å²) >= 11 is 0. The van der Waals surface area contributed by atoms with E-state index < -0.39 is 0 Å². The van der Waals surface area contributed by atoms with Crippen LogP contribution in [0, 0.1) is 6.92 Å². The number of nitrogens with two attached hydrogens (primary N) is 1. The van der Waals surface area contributed by atoms with Crippen molar-refractivity contribution >= 4 is 11.0 Å². The van der Waals surface area contributed by atoms with E-state index in [1.165, 1.54) is 16.6 Å². The third kappa shape index (κ3) is 2.32. The lowest BCUT2D eigenvalue weighted by Crippen LogP contribution is -2.07. The molecule has 3 aromatic rings. The Kier molecular flexibility index (Phi) is 3.52. The van der Waals surface area contributed by atoms with Crippen LogP contribution in [0.25, 0.3) is 22.4 Å². The molecule has 0 bridgehead atoms. The van der Waals surface area contributed by atoms with Crippen molar-refractivity contribution in [3.05, 3.63) is 54.1 Å². The second kappa shape index (κ2) is 5.47. The SMILES string of the molecule is Cc1cccc(-c2nc3ccccc3n2CCCN)c1. The maximum atomic E-state index is 5.67. The van der Waals surface area contributed by atoms with Gasteiger partial charge in [-0.1, -0.05) is 35.9 Å². The molecule has 0 aliphatic carbocycles. The topological polar surface area (TPSA) is 43.8 Å². The van der Waals surface area contributed by atoms with Gasteiger partial charge in [-0.05, 0) is 38.1 Å². The Morgan fingerprint density at radius 3 is 2.75 bits per heavy atom. The van der Waals surface area contributed by atoms with Gasteiger partial charge in [0.15, 0.2) is 0 Å². The van der Waals surface area contributed by atoms with Crippen molar-refractivity contribution in [3.63, 3.8) is 0 Å². The first-order valence-electron chi connectivity index (χ1n) is 7.02. The van der Waals surface area contributed by atoms with Gasteiger partial charge in [-0.2, -0.15) is 0 Å². The molecule has 0 aliphatic rings. The van der Waals surface area contributed by atoms with Crippen molar-refractivity contribution in [3.8, 4) is 11.4 Å². The average molecular weight is 265 g/mol. The van der Waals surface area contributed by atoms with Crippen LogP contribution in [0.1, 0.15) is 12.0 Å². The quantitative estimate of drug-likeness (QED) is 0.786. The van der Waals surface area contributed by atoms with Crippen molar-refractivity contribution in [2.75, 3.05) is 6.54 Å². The monoisotopic (exact) mass is 265 g/mol. The molecule has 3 heteroatoms. The molecule has 0 radical (unpaired) electrons. The highest BCUT2D eigenvalue weighted by molar-refractivity contribution is 5.80. The number of imidazole rings is 1. The first-order chi connectivity index (χ1) is 9.79. The molecule has 2 N–H and O–H groups in total. The van der Waals surface area contributed by atoms with Gasteiger partial charge in [-0.25, -0.2) is 4.98 Å². The first-order valence-corrected chi connectivity index (χ1v) is 7.02. The van der Waals surface area contributed by atoms with Crippen LogP contribution in [0.2, 0.25) is 0 Å². The van der Waals surface area contributed by atoms with Crippen LogP contribution in [0.15, 0.2) is 48.5 Å². The molecule has 1 heterocycles. The van der Waals surface area contributed by atoms with E-state index in [-0.39, 0.29) is 0 Å². The van der Waals surface area contributed by atoms with Crippen LogP contribution in [0.4, 0.5) is 0 Å². The molecule has 102 valence electrons. The zero-order valence-electron chi connectivity index (χ0n) is 11.7. The van der Waals surface area contributed by atoms with Crippen molar-refractivity contribution in [2.45, 2.75) is 19.9 Å². The number of hydrogen-bond donors (Lipinski definition) is 1. The van der Waals surface area contributed by atoms with Crippen LogP contribution in [0.5, 0.6) is 0 Å². The molecular weight excluding hydrogens is 246 g/mol. The number of rotatable bonds is 4. The summed E-state index contributed by atoms with van der Waals surface area (Å²) in [6.07, 6.45) is 0.958. The van der Waals surface area contributed by atoms with Crippen molar-refractivity contribution in [1.29, 1.82) is 0 Å². The maximum absolute atomic E-state index is 5.67. The van der Waals surface area contributed by atoms with Gasteiger partial charge in [0.05, 0.1) is 11.0 Å². The molecule has 0 atom stereocenters. The summed E-state index contributed by atoms with van der Waals surface area (Å²) in [5, 5.41) is 0. The molecule has 0 saturated carbocycles. The third-order valence-electron chi connectivity index (χ3n) is 3.52. The van der Waals surface area contributed by atoms with Gasteiger partial charge in [0.1, 0.15) is 5.82 Å². The van der Waals surface area contributed by atoms with Crippen LogP contribution in [0.3, 0.4) is 0 Å². The Bertz CT molecular complexity index is 728. The lowest BCUT2D eigenvalue weighted by molar-refractivity contribution is 0.671. The molecule has 1 aromatic heterocycles. The van der Waals surface area contributed by atoms with Crippen LogP contribution in [-0.4, -0.2) is 16.1 Å². The van der Waals surface area contributed by atoms with Gasteiger partial charge in [0.25, 0.3) is 0 Å². The Balaban J connectivity index is 2.18.